The van der Waals surface area contributed by atoms with Crippen LogP contribution in [0.15, 0.2) is 12.7 Å². The molecule has 0 aromatic carbocycles. The maximum atomic E-state index is 10.4. The summed E-state index contributed by atoms with van der Waals surface area (Å²) in [7, 11) is 0. The van der Waals surface area contributed by atoms with Gasteiger partial charge in [-0.1, -0.05) is 83.6 Å². The van der Waals surface area contributed by atoms with E-state index in [9.17, 15) is 4.79 Å². The minimum atomic E-state index is -0.661. The predicted molar refractivity (Wildman–Crippen MR) is 96.3 cm³/mol. The van der Waals surface area contributed by atoms with Crippen molar-refractivity contribution < 1.29 is 9.90 Å². The number of carboxylic acids is 1. The van der Waals surface area contributed by atoms with Crippen molar-refractivity contribution in [3.8, 4) is 0 Å². The highest BCUT2D eigenvalue weighted by Crippen LogP contribution is 2.19. The molecule has 0 aromatic rings. The van der Waals surface area contributed by atoms with Crippen molar-refractivity contribution >= 4 is 5.97 Å². The fraction of sp³-hybridized carbons (Fsp3) is 0.850. The van der Waals surface area contributed by atoms with Gasteiger partial charge in [0.05, 0.1) is 0 Å². The first-order valence-corrected chi connectivity index (χ1v) is 9.55. The lowest BCUT2D eigenvalue weighted by atomic mass is 9.94. The number of carboxylic acid groups (broad SMARTS) is 1. The van der Waals surface area contributed by atoms with E-state index >= 15 is 0 Å². The van der Waals surface area contributed by atoms with Crippen LogP contribution in [0.5, 0.6) is 0 Å². The average molecular weight is 311 g/mol. The van der Waals surface area contributed by atoms with E-state index in [2.05, 4.69) is 19.6 Å². The van der Waals surface area contributed by atoms with Gasteiger partial charge >= 0.3 is 5.97 Å². The number of rotatable bonds is 17. The third kappa shape index (κ3) is 15.6. The first-order chi connectivity index (χ1) is 10.7. The van der Waals surface area contributed by atoms with Gasteiger partial charge in [-0.2, -0.15) is 0 Å². The summed E-state index contributed by atoms with van der Waals surface area (Å²) >= 11 is 0. The van der Waals surface area contributed by atoms with E-state index in [1.807, 2.05) is 0 Å². The Kier molecular flexibility index (Phi) is 16.0. The molecule has 1 unspecified atom stereocenters. The molecular weight excluding hydrogens is 272 g/mol. The van der Waals surface area contributed by atoms with Gasteiger partial charge in [-0.05, 0) is 25.2 Å². The van der Waals surface area contributed by atoms with Crippen molar-refractivity contribution in [3.63, 3.8) is 0 Å². The van der Waals surface area contributed by atoms with Gasteiger partial charge in [0, 0.05) is 6.42 Å². The summed E-state index contributed by atoms with van der Waals surface area (Å²) in [5.74, 6) is 0.0688. The minimum Gasteiger partial charge on any atom is -0.481 e. The van der Waals surface area contributed by atoms with E-state index in [-0.39, 0.29) is 0 Å². The third-order valence-electron chi connectivity index (χ3n) is 4.48. The van der Waals surface area contributed by atoms with Crippen molar-refractivity contribution in [2.75, 3.05) is 0 Å². The molecule has 2 nitrogen and oxygen atoms in total. The Hall–Kier alpha value is -0.790. The Bertz CT molecular complexity index is 260. The zero-order valence-electron chi connectivity index (χ0n) is 14.8. The topological polar surface area (TPSA) is 37.3 Å². The predicted octanol–water partition coefficient (Wildman–Crippen LogP) is 6.74. The van der Waals surface area contributed by atoms with Crippen LogP contribution in [0.25, 0.3) is 0 Å². The summed E-state index contributed by atoms with van der Waals surface area (Å²) in [6.45, 7) is 6.25. The van der Waals surface area contributed by atoms with Crippen LogP contribution in [0, 0.1) is 5.92 Å². The van der Waals surface area contributed by atoms with Crippen LogP contribution in [-0.2, 0) is 4.79 Å². The molecule has 0 radical (unpaired) electrons. The van der Waals surface area contributed by atoms with Crippen LogP contribution in [0.2, 0.25) is 0 Å². The molecule has 0 saturated carbocycles. The van der Waals surface area contributed by atoms with Gasteiger partial charge in [-0.15, -0.1) is 6.58 Å². The molecule has 0 amide bonds. The molecule has 0 heterocycles. The quantitative estimate of drug-likeness (QED) is 0.238. The molecule has 0 saturated heterocycles. The van der Waals surface area contributed by atoms with E-state index in [0.29, 0.717) is 6.42 Å². The number of allylic oxidation sites excluding steroid dienone is 1. The number of hydrogen-bond acceptors (Lipinski definition) is 1. The van der Waals surface area contributed by atoms with Gasteiger partial charge in [0.2, 0.25) is 0 Å². The van der Waals surface area contributed by atoms with Gasteiger partial charge in [0.15, 0.2) is 0 Å². The highest BCUT2D eigenvalue weighted by atomic mass is 16.4. The number of aliphatic carboxylic acids is 1. The Morgan fingerprint density at radius 2 is 1.32 bits per heavy atom. The average Bonchev–Trinajstić information content (AvgIpc) is 2.50. The van der Waals surface area contributed by atoms with Gasteiger partial charge in [-0.25, -0.2) is 0 Å². The molecule has 0 aliphatic heterocycles. The number of unbranched alkanes of at least 4 members (excludes halogenated alkanes) is 10. The first kappa shape index (κ1) is 21.2. The van der Waals surface area contributed by atoms with E-state index < -0.39 is 5.97 Å². The molecule has 0 spiro atoms. The molecule has 22 heavy (non-hydrogen) atoms. The van der Waals surface area contributed by atoms with Crippen LogP contribution in [0.3, 0.4) is 0 Å². The molecule has 1 atom stereocenters. The maximum absolute atomic E-state index is 10.4. The van der Waals surface area contributed by atoms with Crippen molar-refractivity contribution in [2.24, 2.45) is 5.92 Å². The van der Waals surface area contributed by atoms with Gasteiger partial charge < -0.3 is 5.11 Å². The number of carbonyl (C=O) groups is 1. The summed E-state index contributed by atoms with van der Waals surface area (Å²) in [6, 6.07) is 0. The van der Waals surface area contributed by atoms with E-state index in [4.69, 9.17) is 5.11 Å². The molecule has 0 rings (SSSR count). The van der Waals surface area contributed by atoms with Crippen LogP contribution in [0.1, 0.15) is 103 Å². The first-order valence-electron chi connectivity index (χ1n) is 9.55. The van der Waals surface area contributed by atoms with E-state index in [0.717, 1.165) is 18.8 Å². The van der Waals surface area contributed by atoms with Crippen molar-refractivity contribution in [1.29, 1.82) is 0 Å². The largest absolute Gasteiger partial charge is 0.481 e. The molecule has 2 heteroatoms. The normalized spacial score (nSPS) is 12.2. The Labute approximate surface area is 138 Å². The van der Waals surface area contributed by atoms with E-state index in [1.165, 1.54) is 77.0 Å². The zero-order chi connectivity index (χ0) is 16.5. The second kappa shape index (κ2) is 16.6. The fourth-order valence-corrected chi connectivity index (χ4v) is 2.96. The van der Waals surface area contributed by atoms with Crippen molar-refractivity contribution in [2.45, 2.75) is 103 Å². The fourth-order valence-electron chi connectivity index (χ4n) is 2.96. The lowest BCUT2D eigenvalue weighted by Crippen LogP contribution is -1.96. The summed E-state index contributed by atoms with van der Waals surface area (Å²) in [6.07, 6.45) is 20.3. The van der Waals surface area contributed by atoms with Crippen LogP contribution >= 0.6 is 0 Å². The zero-order valence-corrected chi connectivity index (χ0v) is 14.8. The molecular formula is C20H38O2. The van der Waals surface area contributed by atoms with E-state index in [1.54, 1.807) is 0 Å². The Morgan fingerprint density at radius 1 is 0.864 bits per heavy atom. The molecule has 130 valence electrons. The monoisotopic (exact) mass is 310 g/mol. The van der Waals surface area contributed by atoms with Crippen LogP contribution in [-0.4, -0.2) is 11.1 Å². The molecule has 0 bridgehead atoms. The van der Waals surface area contributed by atoms with Crippen LogP contribution < -0.4 is 0 Å². The lowest BCUT2D eigenvalue weighted by molar-refractivity contribution is -0.137. The summed E-state index contributed by atoms with van der Waals surface area (Å²) in [5, 5.41) is 8.55. The van der Waals surface area contributed by atoms with Gasteiger partial charge in [0.1, 0.15) is 0 Å². The lowest BCUT2D eigenvalue weighted by Gasteiger charge is -2.12. The van der Waals surface area contributed by atoms with Gasteiger partial charge in [0.25, 0.3) is 0 Å². The Balaban J connectivity index is 3.28. The highest BCUT2D eigenvalue weighted by molar-refractivity contribution is 5.66. The maximum Gasteiger partial charge on any atom is 0.303 e. The third-order valence-corrected chi connectivity index (χ3v) is 4.48. The van der Waals surface area contributed by atoms with Crippen molar-refractivity contribution in [3.05, 3.63) is 12.7 Å². The molecule has 0 fully saturated rings. The second-order valence-corrected chi connectivity index (χ2v) is 6.61. The molecule has 1 N–H and O–H groups in total. The second-order valence-electron chi connectivity index (χ2n) is 6.61. The molecule has 0 aromatic heterocycles. The Morgan fingerprint density at radius 3 is 1.77 bits per heavy atom. The smallest absolute Gasteiger partial charge is 0.303 e. The molecule has 0 aliphatic rings. The summed E-state index contributed by atoms with van der Waals surface area (Å²) in [4.78, 5) is 10.4. The van der Waals surface area contributed by atoms with Gasteiger partial charge in [-0.3, -0.25) is 4.79 Å². The van der Waals surface area contributed by atoms with Crippen LogP contribution in [0.4, 0.5) is 0 Å². The van der Waals surface area contributed by atoms with Crippen molar-refractivity contribution in [1.82, 2.24) is 0 Å². The summed E-state index contributed by atoms with van der Waals surface area (Å²) < 4.78 is 0. The molecule has 0 aliphatic carbocycles. The summed E-state index contributed by atoms with van der Waals surface area (Å²) in [5.41, 5.74) is 0. The SMILES string of the molecule is C=CC(CCCCCC)CCCCCCCCCCC(=O)O. The number of hydrogen-bond donors (Lipinski definition) is 1. The minimum absolute atomic E-state index is 0.335. The standard InChI is InChI=1S/C20H38O2/c1-3-5-6-13-16-19(4-2)17-14-11-9-7-8-10-12-15-18-20(21)22/h4,19H,2-3,5-18H2,1H3,(H,21,22). The highest BCUT2D eigenvalue weighted by Gasteiger charge is 2.03.